The van der Waals surface area contributed by atoms with E-state index in [4.69, 9.17) is 0 Å². The van der Waals surface area contributed by atoms with E-state index in [-0.39, 0.29) is 0 Å². The summed E-state index contributed by atoms with van der Waals surface area (Å²) >= 11 is 0. The minimum atomic E-state index is -7.01. The lowest BCUT2D eigenvalue weighted by atomic mass is 9.95. The summed E-state index contributed by atoms with van der Waals surface area (Å²) in [5.74, 6) is -19.6. The summed E-state index contributed by atoms with van der Waals surface area (Å²) in [7, 11) is 0.694. The van der Waals surface area contributed by atoms with Crippen LogP contribution < -0.4 is 0 Å². The molecule has 0 amide bonds. The molecule has 1 unspecified atom stereocenters. The fraction of sp³-hybridized carbons (Fsp3) is 0.538. The van der Waals surface area contributed by atoms with Crippen LogP contribution in [0, 0.1) is 10.1 Å². The molecule has 0 aliphatic carbocycles. The van der Waals surface area contributed by atoms with Gasteiger partial charge in [-0.1, -0.05) is 12.1 Å². The van der Waals surface area contributed by atoms with Gasteiger partial charge in [0, 0.05) is 25.7 Å². The lowest BCUT2D eigenvalue weighted by Crippen LogP contribution is -2.61. The Kier molecular flexibility index (Phi) is 5.86. The van der Waals surface area contributed by atoms with Crippen LogP contribution in [-0.4, -0.2) is 36.0 Å². The van der Waals surface area contributed by atoms with Crippen molar-refractivity contribution in [3.63, 3.8) is 0 Å². The zero-order valence-corrected chi connectivity index (χ0v) is 12.7. The molecular weight excluding hydrogens is 389 g/mol. The summed E-state index contributed by atoms with van der Waals surface area (Å²) in [6.45, 7) is 0. The molecule has 0 spiro atoms. The predicted molar refractivity (Wildman–Crippen MR) is 68.4 cm³/mol. The van der Waals surface area contributed by atoms with E-state index < -0.39 is 52.6 Å². The van der Waals surface area contributed by atoms with Crippen LogP contribution in [0.5, 0.6) is 0 Å². The summed E-state index contributed by atoms with van der Waals surface area (Å²) in [4.78, 5) is 9.67. The lowest BCUT2D eigenvalue weighted by molar-refractivity contribution is -0.398. The number of benzene rings is 1. The number of nitrogens with zero attached hydrogens (tertiary/aromatic N) is 1. The molecule has 4 nitrogen and oxygen atoms in total. The van der Waals surface area contributed by atoms with Gasteiger partial charge >= 0.3 is 23.9 Å². The summed E-state index contributed by atoms with van der Waals surface area (Å²) in [5.41, 5.74) is -1.13. The Bertz CT molecular complexity index is 661. The van der Waals surface area contributed by atoms with E-state index in [1.165, 1.54) is 0 Å². The summed E-state index contributed by atoms with van der Waals surface area (Å²) in [6, 6.07) is 3.46. The Hall–Kier alpha value is -2.05. The molecule has 0 aromatic heterocycles. The van der Waals surface area contributed by atoms with E-state index in [0.29, 0.717) is 13.2 Å². The first-order valence-electron chi connectivity index (χ1n) is 6.56. The number of non-ortho nitro benzene ring substituents is 1. The molecule has 0 fully saturated rings. The Labute approximate surface area is 139 Å². The topological polar surface area (TPSA) is 52.4 Å². The molecule has 1 atom stereocenters. The molecule has 13 heteroatoms. The van der Waals surface area contributed by atoms with Crippen molar-refractivity contribution < 1.29 is 49.2 Å². The fourth-order valence-corrected chi connectivity index (χ4v) is 1.94. The van der Waals surface area contributed by atoms with Crippen LogP contribution in [-0.2, 0) is 4.74 Å². The van der Waals surface area contributed by atoms with Gasteiger partial charge in [0.15, 0.2) is 0 Å². The van der Waals surface area contributed by atoms with Gasteiger partial charge in [-0.25, -0.2) is 0 Å². The summed E-state index contributed by atoms with van der Waals surface area (Å²) in [5, 5.41) is 10.6. The first kappa shape index (κ1) is 22.0. The number of hydrogen-bond donors (Lipinski definition) is 0. The molecular formula is C13H10F9NO3. The molecule has 0 aliphatic heterocycles. The summed E-state index contributed by atoms with van der Waals surface area (Å²) < 4.78 is 120. The molecule has 26 heavy (non-hydrogen) atoms. The molecule has 0 saturated carbocycles. The average Bonchev–Trinajstić information content (AvgIpc) is 2.51. The van der Waals surface area contributed by atoms with Gasteiger partial charge < -0.3 is 4.74 Å². The zero-order chi connectivity index (χ0) is 20.6. The SMILES string of the molecule is COC(CC(F)(F)C(F)(F)C(F)(F)C(F)(F)F)c1cccc([N+](=O)[O-])c1. The standard InChI is InChI=1S/C13H10F9NO3/c1-26-9(7-3-2-4-8(5-7)23(24)25)6-10(14,15)11(16,17)12(18,19)13(20,21)22/h2-5,9H,6H2,1H3. The summed E-state index contributed by atoms with van der Waals surface area (Å²) in [6.07, 6.45) is -11.3. The Balaban J connectivity index is 3.24. The van der Waals surface area contributed by atoms with E-state index in [0.717, 1.165) is 18.2 Å². The highest BCUT2D eigenvalue weighted by atomic mass is 19.4. The Morgan fingerprint density at radius 1 is 1.04 bits per heavy atom. The maximum Gasteiger partial charge on any atom is 0.460 e. The van der Waals surface area contributed by atoms with Gasteiger partial charge in [-0.15, -0.1) is 0 Å². The van der Waals surface area contributed by atoms with Crippen LogP contribution in [0.4, 0.5) is 45.2 Å². The van der Waals surface area contributed by atoms with Crippen molar-refractivity contribution in [2.24, 2.45) is 0 Å². The van der Waals surface area contributed by atoms with Gasteiger partial charge in [-0.2, -0.15) is 39.5 Å². The largest absolute Gasteiger partial charge is 0.460 e. The van der Waals surface area contributed by atoms with Crippen molar-refractivity contribution in [1.29, 1.82) is 0 Å². The van der Waals surface area contributed by atoms with E-state index in [2.05, 4.69) is 4.74 Å². The van der Waals surface area contributed by atoms with Gasteiger partial charge in [0.1, 0.15) is 0 Å². The van der Waals surface area contributed by atoms with E-state index in [1.54, 1.807) is 0 Å². The Morgan fingerprint density at radius 2 is 1.58 bits per heavy atom. The molecule has 1 rings (SSSR count). The molecule has 0 heterocycles. The first-order chi connectivity index (χ1) is 11.6. The molecule has 0 N–H and O–H groups in total. The fourth-order valence-electron chi connectivity index (χ4n) is 1.94. The second kappa shape index (κ2) is 6.93. The zero-order valence-electron chi connectivity index (χ0n) is 12.7. The number of ether oxygens (including phenoxy) is 1. The number of methoxy groups -OCH3 is 1. The number of rotatable bonds is 7. The van der Waals surface area contributed by atoms with Crippen LogP contribution >= 0.6 is 0 Å². The molecule has 0 saturated heterocycles. The number of halogens is 9. The van der Waals surface area contributed by atoms with Crippen LogP contribution in [0.3, 0.4) is 0 Å². The molecule has 1 aromatic rings. The van der Waals surface area contributed by atoms with Gasteiger partial charge in [-0.05, 0) is 5.56 Å². The molecule has 0 aliphatic rings. The molecule has 0 bridgehead atoms. The Morgan fingerprint density at radius 3 is 2.00 bits per heavy atom. The minimum Gasteiger partial charge on any atom is -0.377 e. The predicted octanol–water partition coefficient (Wildman–Crippen LogP) is 5.14. The highest BCUT2D eigenvalue weighted by molar-refractivity contribution is 5.35. The van der Waals surface area contributed by atoms with Crippen molar-refractivity contribution in [2.45, 2.75) is 36.5 Å². The van der Waals surface area contributed by atoms with Crippen LogP contribution in [0.25, 0.3) is 0 Å². The van der Waals surface area contributed by atoms with Gasteiger partial charge in [0.05, 0.1) is 11.0 Å². The van der Waals surface area contributed by atoms with Crippen LogP contribution in [0.2, 0.25) is 0 Å². The number of alkyl halides is 9. The van der Waals surface area contributed by atoms with Crippen molar-refractivity contribution in [3.05, 3.63) is 39.9 Å². The maximum atomic E-state index is 13.7. The molecule has 0 radical (unpaired) electrons. The van der Waals surface area contributed by atoms with Crippen molar-refractivity contribution in [2.75, 3.05) is 7.11 Å². The quantitative estimate of drug-likeness (QED) is 0.363. The van der Waals surface area contributed by atoms with E-state index in [1.807, 2.05) is 0 Å². The monoisotopic (exact) mass is 399 g/mol. The lowest BCUT2D eigenvalue weighted by Gasteiger charge is -2.35. The van der Waals surface area contributed by atoms with Gasteiger partial charge in [0.2, 0.25) is 0 Å². The smallest absolute Gasteiger partial charge is 0.377 e. The molecule has 1 aromatic carbocycles. The van der Waals surface area contributed by atoms with Gasteiger partial charge in [0.25, 0.3) is 5.69 Å². The van der Waals surface area contributed by atoms with Gasteiger partial charge in [-0.3, -0.25) is 10.1 Å². The first-order valence-corrected chi connectivity index (χ1v) is 6.56. The van der Waals surface area contributed by atoms with Crippen LogP contribution in [0.1, 0.15) is 18.1 Å². The third-order valence-electron chi connectivity index (χ3n) is 3.39. The highest BCUT2D eigenvalue weighted by Gasteiger charge is 2.81. The second-order valence-corrected chi connectivity index (χ2v) is 5.13. The maximum absolute atomic E-state index is 13.7. The number of hydrogen-bond acceptors (Lipinski definition) is 3. The third-order valence-corrected chi connectivity index (χ3v) is 3.39. The molecule has 148 valence electrons. The van der Waals surface area contributed by atoms with E-state index in [9.17, 15) is 49.6 Å². The second-order valence-electron chi connectivity index (χ2n) is 5.13. The van der Waals surface area contributed by atoms with Crippen LogP contribution in [0.15, 0.2) is 24.3 Å². The third kappa shape index (κ3) is 3.86. The highest BCUT2D eigenvalue weighted by Crippen LogP contribution is 2.55. The minimum absolute atomic E-state index is 0.479. The number of nitro groups is 1. The van der Waals surface area contributed by atoms with Crippen molar-refractivity contribution >= 4 is 5.69 Å². The van der Waals surface area contributed by atoms with E-state index >= 15 is 0 Å². The normalized spacial score (nSPS) is 15.0. The number of nitro benzene ring substituents is 1. The van der Waals surface area contributed by atoms with Crippen molar-refractivity contribution in [1.82, 2.24) is 0 Å². The average molecular weight is 399 g/mol. The van der Waals surface area contributed by atoms with Crippen molar-refractivity contribution in [3.8, 4) is 0 Å².